The van der Waals surface area contributed by atoms with Gasteiger partial charge in [0.1, 0.15) is 0 Å². The van der Waals surface area contributed by atoms with Crippen molar-refractivity contribution in [3.05, 3.63) is 89.5 Å². The van der Waals surface area contributed by atoms with Crippen molar-refractivity contribution in [3.63, 3.8) is 0 Å². The van der Waals surface area contributed by atoms with Gasteiger partial charge in [-0.3, -0.25) is 9.59 Å². The van der Waals surface area contributed by atoms with Gasteiger partial charge in [0.05, 0.1) is 23.8 Å². The van der Waals surface area contributed by atoms with Gasteiger partial charge in [-0.1, -0.05) is 54.1 Å². The number of amides is 2. The Kier molecular flexibility index (Phi) is 6.70. The summed E-state index contributed by atoms with van der Waals surface area (Å²) in [6, 6.07) is 23.0. The molecule has 1 heterocycles. The van der Waals surface area contributed by atoms with E-state index >= 15 is 0 Å². The minimum absolute atomic E-state index is 0.0380. The summed E-state index contributed by atoms with van der Waals surface area (Å²) in [5, 5.41) is 21.0. The highest BCUT2D eigenvalue weighted by Crippen LogP contribution is 2.36. The maximum absolute atomic E-state index is 12.8. The van der Waals surface area contributed by atoms with Gasteiger partial charge in [-0.15, -0.1) is 5.10 Å². The number of anilines is 2. The summed E-state index contributed by atoms with van der Waals surface area (Å²) in [5.41, 5.74) is 4.70. The molecule has 3 N–H and O–H groups in total. The summed E-state index contributed by atoms with van der Waals surface area (Å²) in [6.07, 6.45) is 2.17. The number of nitrogens with one attached hydrogen (secondary N) is 3. The van der Waals surface area contributed by atoms with Crippen LogP contribution in [0.2, 0.25) is 0 Å². The van der Waals surface area contributed by atoms with Crippen LogP contribution < -0.4 is 16.0 Å². The van der Waals surface area contributed by atoms with Crippen LogP contribution in [0.1, 0.15) is 40.4 Å². The molecule has 0 spiro atoms. The van der Waals surface area contributed by atoms with Crippen molar-refractivity contribution in [2.24, 2.45) is 0 Å². The van der Waals surface area contributed by atoms with E-state index in [2.05, 4.69) is 31.5 Å². The topological polar surface area (TPSA) is 114 Å². The first-order valence-electron chi connectivity index (χ1n) is 11.9. The summed E-state index contributed by atoms with van der Waals surface area (Å²) in [7, 11) is 0. The standard InChI is InChI=1S/C27H27N7O2/c1-18-9-11-19(12-10-18)16-29-27(36)23-7-2-3-8-24(23)30-25(35)17-28-21-6-4-5-20(15-21)26-31-32-33-34(26)22-13-14-22/h2-12,15,22,28H,13-14,16-17H2,1H3,(H,29,36)(H,30,35). The molecule has 0 aliphatic heterocycles. The molecule has 0 radical (unpaired) electrons. The van der Waals surface area contributed by atoms with Gasteiger partial charge >= 0.3 is 0 Å². The third-order valence-electron chi connectivity index (χ3n) is 5.98. The minimum atomic E-state index is -0.262. The van der Waals surface area contributed by atoms with E-state index in [1.54, 1.807) is 24.3 Å². The molecule has 0 bridgehead atoms. The monoisotopic (exact) mass is 481 g/mol. The molecule has 36 heavy (non-hydrogen) atoms. The van der Waals surface area contributed by atoms with Gasteiger partial charge in [0.2, 0.25) is 5.91 Å². The van der Waals surface area contributed by atoms with Crippen LogP contribution in [-0.4, -0.2) is 38.6 Å². The number of hydrogen-bond acceptors (Lipinski definition) is 6. The Balaban J connectivity index is 1.19. The first-order valence-corrected chi connectivity index (χ1v) is 11.9. The van der Waals surface area contributed by atoms with Crippen LogP contribution >= 0.6 is 0 Å². The highest BCUT2D eigenvalue weighted by atomic mass is 16.2. The Morgan fingerprint density at radius 1 is 1.00 bits per heavy atom. The number of nitrogens with zero attached hydrogens (tertiary/aromatic N) is 4. The van der Waals surface area contributed by atoms with Gasteiger partial charge in [-0.05, 0) is 60.0 Å². The Hall–Kier alpha value is -4.53. The number of rotatable bonds is 9. The summed E-state index contributed by atoms with van der Waals surface area (Å²) in [5.74, 6) is 0.207. The summed E-state index contributed by atoms with van der Waals surface area (Å²) < 4.78 is 1.85. The van der Waals surface area contributed by atoms with Gasteiger partial charge in [-0.2, -0.15) is 0 Å². The van der Waals surface area contributed by atoms with Crippen molar-refractivity contribution < 1.29 is 9.59 Å². The maximum Gasteiger partial charge on any atom is 0.253 e. The Labute approximate surface area is 208 Å². The molecule has 3 aromatic carbocycles. The van der Waals surface area contributed by atoms with Crippen LogP contribution in [0.15, 0.2) is 72.8 Å². The Morgan fingerprint density at radius 3 is 2.61 bits per heavy atom. The molecule has 1 saturated carbocycles. The number of carbonyl (C=O) groups is 2. The van der Waals surface area contributed by atoms with Crippen LogP contribution in [0.5, 0.6) is 0 Å². The van der Waals surface area contributed by atoms with Crippen LogP contribution in [0.25, 0.3) is 11.4 Å². The lowest BCUT2D eigenvalue weighted by atomic mass is 10.1. The van der Waals surface area contributed by atoms with E-state index < -0.39 is 0 Å². The molecule has 4 aromatic rings. The van der Waals surface area contributed by atoms with Crippen molar-refractivity contribution in [3.8, 4) is 11.4 Å². The first kappa shape index (κ1) is 23.2. The van der Waals surface area contributed by atoms with Crippen LogP contribution in [0, 0.1) is 6.92 Å². The molecule has 9 nitrogen and oxygen atoms in total. The number of tetrazole rings is 1. The normalized spacial score (nSPS) is 12.7. The lowest BCUT2D eigenvalue weighted by Gasteiger charge is -2.13. The summed E-state index contributed by atoms with van der Waals surface area (Å²) in [6.45, 7) is 2.46. The molecule has 5 rings (SSSR count). The largest absolute Gasteiger partial charge is 0.376 e. The van der Waals surface area contributed by atoms with Crippen molar-refractivity contribution in [1.29, 1.82) is 0 Å². The van der Waals surface area contributed by atoms with Gasteiger partial charge in [0.25, 0.3) is 5.91 Å². The number of aromatic nitrogens is 4. The third-order valence-corrected chi connectivity index (χ3v) is 5.98. The summed E-state index contributed by atoms with van der Waals surface area (Å²) in [4.78, 5) is 25.5. The molecule has 9 heteroatoms. The van der Waals surface area contributed by atoms with E-state index in [9.17, 15) is 9.59 Å². The van der Waals surface area contributed by atoms with E-state index in [4.69, 9.17) is 0 Å². The first-order chi connectivity index (χ1) is 17.6. The molecule has 0 saturated heterocycles. The second-order valence-corrected chi connectivity index (χ2v) is 8.87. The summed E-state index contributed by atoms with van der Waals surface area (Å²) >= 11 is 0. The second kappa shape index (κ2) is 10.4. The number of carbonyl (C=O) groups excluding carboxylic acids is 2. The predicted octanol–water partition coefficient (Wildman–Crippen LogP) is 3.96. The lowest BCUT2D eigenvalue weighted by Crippen LogP contribution is -2.26. The minimum Gasteiger partial charge on any atom is -0.376 e. The quantitative estimate of drug-likeness (QED) is 0.333. The Bertz CT molecular complexity index is 1380. The average molecular weight is 482 g/mol. The molecule has 1 fully saturated rings. The number of para-hydroxylation sites is 1. The fourth-order valence-electron chi connectivity index (χ4n) is 3.87. The van der Waals surface area contributed by atoms with Gasteiger partial charge in [0.15, 0.2) is 5.82 Å². The SMILES string of the molecule is Cc1ccc(CNC(=O)c2ccccc2NC(=O)CNc2cccc(-c3nnnn3C3CC3)c2)cc1. The van der Waals surface area contributed by atoms with E-state index in [1.807, 2.05) is 60.1 Å². The van der Waals surface area contributed by atoms with Crippen LogP contribution in [-0.2, 0) is 11.3 Å². The molecular formula is C27H27N7O2. The predicted molar refractivity (Wildman–Crippen MR) is 137 cm³/mol. The molecule has 0 atom stereocenters. The van der Waals surface area contributed by atoms with Gasteiger partial charge < -0.3 is 16.0 Å². The highest BCUT2D eigenvalue weighted by Gasteiger charge is 2.28. The Morgan fingerprint density at radius 2 is 1.81 bits per heavy atom. The van der Waals surface area contributed by atoms with E-state index in [1.165, 1.54) is 0 Å². The zero-order valence-corrected chi connectivity index (χ0v) is 19.9. The van der Waals surface area contributed by atoms with Gasteiger partial charge in [-0.25, -0.2) is 4.68 Å². The fourth-order valence-corrected chi connectivity index (χ4v) is 3.87. The zero-order valence-electron chi connectivity index (χ0n) is 19.9. The van der Waals surface area contributed by atoms with Crippen LogP contribution in [0.3, 0.4) is 0 Å². The van der Waals surface area contributed by atoms with Crippen LogP contribution in [0.4, 0.5) is 11.4 Å². The van der Waals surface area contributed by atoms with E-state index in [0.717, 1.165) is 41.0 Å². The number of hydrogen-bond donors (Lipinski definition) is 3. The third kappa shape index (κ3) is 5.57. The fraction of sp³-hybridized carbons (Fsp3) is 0.222. The molecule has 1 aliphatic rings. The van der Waals surface area contributed by atoms with Crippen molar-refractivity contribution >= 4 is 23.2 Å². The van der Waals surface area contributed by atoms with E-state index in [-0.39, 0.29) is 18.4 Å². The van der Waals surface area contributed by atoms with Crippen molar-refractivity contribution in [1.82, 2.24) is 25.5 Å². The molecular weight excluding hydrogens is 454 g/mol. The smallest absolute Gasteiger partial charge is 0.253 e. The zero-order chi connectivity index (χ0) is 24.9. The number of benzene rings is 3. The molecule has 2 amide bonds. The molecule has 1 aromatic heterocycles. The van der Waals surface area contributed by atoms with Crippen molar-refractivity contribution in [2.75, 3.05) is 17.2 Å². The highest BCUT2D eigenvalue weighted by molar-refractivity contribution is 6.04. The number of aryl methyl sites for hydroxylation is 1. The maximum atomic E-state index is 12.8. The van der Waals surface area contributed by atoms with Gasteiger partial charge in [0, 0.05) is 17.8 Å². The molecule has 1 aliphatic carbocycles. The van der Waals surface area contributed by atoms with Crippen molar-refractivity contribution in [2.45, 2.75) is 32.4 Å². The second-order valence-electron chi connectivity index (χ2n) is 8.87. The molecule has 0 unspecified atom stereocenters. The van der Waals surface area contributed by atoms with E-state index in [0.29, 0.717) is 23.8 Å². The average Bonchev–Trinajstić information content (AvgIpc) is 3.63. The lowest BCUT2D eigenvalue weighted by molar-refractivity contribution is -0.114. The molecule has 182 valence electrons.